The van der Waals surface area contributed by atoms with Gasteiger partial charge in [0.1, 0.15) is 11.6 Å². The van der Waals surface area contributed by atoms with Crippen molar-refractivity contribution in [3.63, 3.8) is 0 Å². The third-order valence-electron chi connectivity index (χ3n) is 3.41. The predicted molar refractivity (Wildman–Crippen MR) is 72.9 cm³/mol. The van der Waals surface area contributed by atoms with Crippen molar-refractivity contribution < 1.29 is 9.59 Å². The van der Waals surface area contributed by atoms with Crippen molar-refractivity contribution in [2.24, 2.45) is 0 Å². The van der Waals surface area contributed by atoms with Crippen molar-refractivity contribution in [1.82, 2.24) is 10.3 Å². The standard InChI is InChI=1S/C14H19N3O2/c1-8-6-7-11(9(2)15-8)17-10(3)12(18)16-14(4,5)13(17)19/h6-7,10H,1-5H3,(H,16,18). The minimum absolute atomic E-state index is 0.117. The average Bonchev–Trinajstić information content (AvgIpc) is 2.29. The van der Waals surface area contributed by atoms with E-state index in [2.05, 4.69) is 10.3 Å². The van der Waals surface area contributed by atoms with Crippen LogP contribution in [0.5, 0.6) is 0 Å². The molecule has 0 spiro atoms. The van der Waals surface area contributed by atoms with E-state index in [1.54, 1.807) is 25.7 Å². The summed E-state index contributed by atoms with van der Waals surface area (Å²) in [5, 5.41) is 2.74. The summed E-state index contributed by atoms with van der Waals surface area (Å²) in [5.74, 6) is -0.266. The number of piperazine rings is 1. The molecular formula is C14H19N3O2. The first-order chi connectivity index (χ1) is 8.74. The molecule has 1 fully saturated rings. The molecule has 2 rings (SSSR count). The van der Waals surface area contributed by atoms with Gasteiger partial charge < -0.3 is 5.32 Å². The van der Waals surface area contributed by atoms with Gasteiger partial charge in [0.2, 0.25) is 5.91 Å². The summed E-state index contributed by atoms with van der Waals surface area (Å²) in [6.45, 7) is 8.89. The van der Waals surface area contributed by atoms with Crippen molar-refractivity contribution in [2.75, 3.05) is 4.90 Å². The third kappa shape index (κ3) is 2.20. The van der Waals surface area contributed by atoms with E-state index in [-0.39, 0.29) is 11.8 Å². The van der Waals surface area contributed by atoms with E-state index < -0.39 is 11.6 Å². The van der Waals surface area contributed by atoms with Crippen LogP contribution in [0, 0.1) is 13.8 Å². The van der Waals surface area contributed by atoms with Crippen LogP contribution in [0.15, 0.2) is 12.1 Å². The van der Waals surface area contributed by atoms with Gasteiger partial charge in [0.15, 0.2) is 0 Å². The molecule has 0 saturated carbocycles. The number of carbonyl (C=O) groups excluding carboxylic acids is 2. The molecule has 5 heteroatoms. The Bertz CT molecular complexity index is 552. The summed E-state index contributed by atoms with van der Waals surface area (Å²) in [7, 11) is 0. The third-order valence-corrected chi connectivity index (χ3v) is 3.41. The van der Waals surface area contributed by atoms with Crippen LogP contribution in [-0.2, 0) is 9.59 Å². The molecule has 1 saturated heterocycles. The fraction of sp³-hybridized carbons (Fsp3) is 0.500. The molecule has 1 atom stereocenters. The molecule has 2 amide bonds. The van der Waals surface area contributed by atoms with Gasteiger partial charge in [-0.1, -0.05) is 0 Å². The Kier molecular flexibility index (Phi) is 3.08. The molecule has 1 N–H and O–H groups in total. The molecule has 1 unspecified atom stereocenters. The molecule has 19 heavy (non-hydrogen) atoms. The Morgan fingerprint density at radius 3 is 2.47 bits per heavy atom. The van der Waals surface area contributed by atoms with Gasteiger partial charge in [-0.15, -0.1) is 0 Å². The maximum Gasteiger partial charge on any atom is 0.252 e. The summed E-state index contributed by atoms with van der Waals surface area (Å²) in [6, 6.07) is 3.17. The minimum Gasteiger partial charge on any atom is -0.340 e. The van der Waals surface area contributed by atoms with Gasteiger partial charge in [-0.2, -0.15) is 0 Å². The van der Waals surface area contributed by atoms with Crippen molar-refractivity contribution in [3.05, 3.63) is 23.5 Å². The fourth-order valence-corrected chi connectivity index (χ4v) is 2.31. The Balaban J connectivity index is 2.51. The summed E-state index contributed by atoms with van der Waals surface area (Å²) < 4.78 is 0. The first-order valence-electron chi connectivity index (χ1n) is 6.34. The Morgan fingerprint density at radius 2 is 1.89 bits per heavy atom. The highest BCUT2D eigenvalue weighted by Gasteiger charge is 2.44. The largest absolute Gasteiger partial charge is 0.340 e. The predicted octanol–water partition coefficient (Wildman–Crippen LogP) is 1.33. The lowest BCUT2D eigenvalue weighted by Gasteiger charge is -2.41. The van der Waals surface area contributed by atoms with Crippen LogP contribution in [0.4, 0.5) is 5.69 Å². The lowest BCUT2D eigenvalue weighted by atomic mass is 9.96. The Labute approximate surface area is 113 Å². The Morgan fingerprint density at radius 1 is 1.26 bits per heavy atom. The van der Waals surface area contributed by atoms with E-state index in [9.17, 15) is 9.59 Å². The van der Waals surface area contributed by atoms with Crippen molar-refractivity contribution in [3.8, 4) is 0 Å². The zero-order chi connectivity index (χ0) is 14.4. The minimum atomic E-state index is -0.888. The second-order valence-electron chi connectivity index (χ2n) is 5.52. The molecule has 0 radical (unpaired) electrons. The lowest BCUT2D eigenvalue weighted by molar-refractivity contribution is -0.136. The lowest BCUT2D eigenvalue weighted by Crippen LogP contribution is -2.67. The number of aromatic nitrogens is 1. The Hall–Kier alpha value is -1.91. The molecule has 1 aromatic heterocycles. The number of hydrogen-bond donors (Lipinski definition) is 1. The highest BCUT2D eigenvalue weighted by molar-refractivity contribution is 6.10. The van der Waals surface area contributed by atoms with Crippen molar-refractivity contribution in [1.29, 1.82) is 0 Å². The molecule has 0 aromatic carbocycles. The van der Waals surface area contributed by atoms with Gasteiger partial charge >= 0.3 is 0 Å². The summed E-state index contributed by atoms with van der Waals surface area (Å²) in [5.41, 5.74) is 1.46. The number of amides is 2. The van der Waals surface area contributed by atoms with Crippen LogP contribution >= 0.6 is 0 Å². The molecule has 2 heterocycles. The van der Waals surface area contributed by atoms with E-state index >= 15 is 0 Å². The van der Waals surface area contributed by atoms with Crippen LogP contribution < -0.4 is 10.2 Å². The smallest absolute Gasteiger partial charge is 0.252 e. The highest BCUT2D eigenvalue weighted by Crippen LogP contribution is 2.27. The molecule has 0 bridgehead atoms. The van der Waals surface area contributed by atoms with Gasteiger partial charge in [-0.3, -0.25) is 19.5 Å². The van der Waals surface area contributed by atoms with Gasteiger partial charge in [-0.25, -0.2) is 0 Å². The number of anilines is 1. The summed E-state index contributed by atoms with van der Waals surface area (Å²) in [6.07, 6.45) is 0. The van der Waals surface area contributed by atoms with Gasteiger partial charge in [0.05, 0.1) is 11.4 Å². The van der Waals surface area contributed by atoms with Crippen LogP contribution in [0.25, 0.3) is 0 Å². The number of carbonyl (C=O) groups is 2. The number of pyridine rings is 1. The second kappa shape index (κ2) is 4.33. The van der Waals surface area contributed by atoms with Crippen molar-refractivity contribution >= 4 is 17.5 Å². The molecular weight excluding hydrogens is 242 g/mol. The quantitative estimate of drug-likeness (QED) is 0.829. The zero-order valence-electron chi connectivity index (χ0n) is 11.9. The molecule has 0 aliphatic carbocycles. The van der Waals surface area contributed by atoms with E-state index in [0.717, 1.165) is 11.4 Å². The zero-order valence-corrected chi connectivity index (χ0v) is 11.9. The fourth-order valence-electron chi connectivity index (χ4n) is 2.31. The van der Waals surface area contributed by atoms with E-state index in [0.29, 0.717) is 5.69 Å². The molecule has 1 aliphatic heterocycles. The molecule has 102 valence electrons. The van der Waals surface area contributed by atoms with Crippen LogP contribution in [-0.4, -0.2) is 28.4 Å². The maximum absolute atomic E-state index is 12.5. The average molecular weight is 261 g/mol. The van der Waals surface area contributed by atoms with Gasteiger partial charge in [-0.05, 0) is 46.8 Å². The van der Waals surface area contributed by atoms with E-state index in [1.165, 1.54) is 0 Å². The first-order valence-corrected chi connectivity index (χ1v) is 6.34. The van der Waals surface area contributed by atoms with E-state index in [4.69, 9.17) is 0 Å². The highest BCUT2D eigenvalue weighted by atomic mass is 16.2. The van der Waals surface area contributed by atoms with Crippen LogP contribution in [0.3, 0.4) is 0 Å². The number of nitrogens with zero attached hydrogens (tertiary/aromatic N) is 2. The number of aryl methyl sites for hydroxylation is 2. The molecule has 1 aliphatic rings. The maximum atomic E-state index is 12.5. The van der Waals surface area contributed by atoms with Crippen LogP contribution in [0.2, 0.25) is 0 Å². The topological polar surface area (TPSA) is 62.3 Å². The van der Waals surface area contributed by atoms with Crippen molar-refractivity contribution in [2.45, 2.75) is 46.2 Å². The summed E-state index contributed by atoms with van der Waals surface area (Å²) >= 11 is 0. The number of nitrogens with one attached hydrogen (secondary N) is 1. The van der Waals surface area contributed by atoms with Gasteiger partial charge in [0, 0.05) is 5.69 Å². The molecule has 5 nitrogen and oxygen atoms in total. The SMILES string of the molecule is Cc1ccc(N2C(=O)C(C)(C)NC(=O)C2C)c(C)n1. The van der Waals surface area contributed by atoms with E-state index in [1.807, 2.05) is 26.0 Å². The molecule has 1 aromatic rings. The first kappa shape index (κ1) is 13.5. The van der Waals surface area contributed by atoms with Gasteiger partial charge in [0.25, 0.3) is 5.91 Å². The number of rotatable bonds is 1. The monoisotopic (exact) mass is 261 g/mol. The van der Waals surface area contributed by atoms with Crippen LogP contribution in [0.1, 0.15) is 32.2 Å². The number of hydrogen-bond acceptors (Lipinski definition) is 3. The summed E-state index contributed by atoms with van der Waals surface area (Å²) in [4.78, 5) is 30.4. The second-order valence-corrected chi connectivity index (χ2v) is 5.52. The normalized spacial score (nSPS) is 22.4.